The summed E-state index contributed by atoms with van der Waals surface area (Å²) in [4.78, 5) is 4.41. The summed E-state index contributed by atoms with van der Waals surface area (Å²) in [5.74, 6) is 0. The van der Waals surface area contributed by atoms with Gasteiger partial charge >= 0.3 is 0 Å². The van der Waals surface area contributed by atoms with Crippen LogP contribution in [0.2, 0.25) is 0 Å². The molecule has 0 radical (unpaired) electrons. The molecule has 100 valence electrons. The maximum absolute atomic E-state index is 10.3. The fraction of sp³-hybridized carbons (Fsp3) is 0.312. The van der Waals surface area contributed by atoms with Crippen LogP contribution in [0.3, 0.4) is 0 Å². The SMILES string of the molecule is CC(C)(C)Sc1ccc([C@H](O)c2ccccc2)cn1. The molecule has 0 saturated heterocycles. The molecule has 0 saturated carbocycles. The molecule has 1 aromatic heterocycles. The Labute approximate surface area is 118 Å². The van der Waals surface area contributed by atoms with Crippen LogP contribution in [-0.4, -0.2) is 14.8 Å². The van der Waals surface area contributed by atoms with E-state index in [1.54, 1.807) is 18.0 Å². The Hall–Kier alpha value is -1.32. The van der Waals surface area contributed by atoms with Gasteiger partial charge in [0.2, 0.25) is 0 Å². The van der Waals surface area contributed by atoms with E-state index in [4.69, 9.17) is 0 Å². The minimum atomic E-state index is -0.609. The standard InChI is InChI=1S/C16H19NOS/c1-16(2,3)19-14-10-9-13(11-17-14)15(18)12-7-5-4-6-8-12/h4-11,15,18H,1-3H3/t15-/m1/s1. The fourth-order valence-electron chi connectivity index (χ4n) is 1.76. The van der Waals surface area contributed by atoms with Gasteiger partial charge < -0.3 is 5.11 Å². The second-order valence-electron chi connectivity index (χ2n) is 5.46. The first-order valence-electron chi connectivity index (χ1n) is 6.34. The van der Waals surface area contributed by atoms with E-state index in [2.05, 4.69) is 25.8 Å². The van der Waals surface area contributed by atoms with Crippen LogP contribution in [-0.2, 0) is 0 Å². The van der Waals surface area contributed by atoms with Crippen LogP contribution in [0.15, 0.2) is 53.7 Å². The summed E-state index contributed by atoms with van der Waals surface area (Å²) < 4.78 is 0.145. The summed E-state index contributed by atoms with van der Waals surface area (Å²) >= 11 is 1.72. The van der Waals surface area contributed by atoms with Crippen molar-refractivity contribution >= 4 is 11.8 Å². The van der Waals surface area contributed by atoms with E-state index < -0.39 is 6.10 Å². The minimum Gasteiger partial charge on any atom is -0.384 e. The molecule has 0 aliphatic carbocycles. The van der Waals surface area contributed by atoms with Crippen LogP contribution >= 0.6 is 11.8 Å². The van der Waals surface area contributed by atoms with Crippen molar-refractivity contribution in [3.63, 3.8) is 0 Å². The molecule has 19 heavy (non-hydrogen) atoms. The van der Waals surface area contributed by atoms with Crippen LogP contribution in [0, 0.1) is 0 Å². The molecule has 0 aliphatic heterocycles. The fourth-order valence-corrected chi connectivity index (χ4v) is 2.62. The number of aliphatic hydroxyl groups excluding tert-OH is 1. The van der Waals surface area contributed by atoms with Gasteiger partial charge in [-0.25, -0.2) is 4.98 Å². The smallest absolute Gasteiger partial charge is 0.106 e. The third kappa shape index (κ3) is 4.08. The summed E-state index contributed by atoms with van der Waals surface area (Å²) in [6.07, 6.45) is 1.15. The minimum absolute atomic E-state index is 0.145. The summed E-state index contributed by atoms with van der Waals surface area (Å²) in [6, 6.07) is 13.5. The Kier molecular flexibility index (Phi) is 4.27. The first kappa shape index (κ1) is 14.1. The normalized spacial score (nSPS) is 13.3. The highest BCUT2D eigenvalue weighted by Gasteiger charge is 2.14. The average Bonchev–Trinajstić information content (AvgIpc) is 2.38. The Balaban J connectivity index is 2.15. The number of aliphatic hydroxyl groups is 1. The Bertz CT molecular complexity index is 517. The molecule has 1 atom stereocenters. The first-order chi connectivity index (χ1) is 8.96. The van der Waals surface area contributed by atoms with E-state index in [1.165, 1.54) is 0 Å². The number of nitrogens with zero attached hydrogens (tertiary/aromatic N) is 1. The van der Waals surface area contributed by atoms with Crippen molar-refractivity contribution < 1.29 is 5.11 Å². The van der Waals surface area contributed by atoms with Crippen molar-refractivity contribution in [2.75, 3.05) is 0 Å². The van der Waals surface area contributed by atoms with Gasteiger partial charge in [-0.1, -0.05) is 57.2 Å². The molecule has 0 bridgehead atoms. The van der Waals surface area contributed by atoms with Crippen LogP contribution in [0.1, 0.15) is 38.0 Å². The number of pyridine rings is 1. The zero-order valence-electron chi connectivity index (χ0n) is 11.5. The van der Waals surface area contributed by atoms with Gasteiger partial charge in [-0.3, -0.25) is 0 Å². The van der Waals surface area contributed by atoms with E-state index in [1.807, 2.05) is 42.5 Å². The third-order valence-corrected chi connectivity index (χ3v) is 3.66. The Morgan fingerprint density at radius 2 is 1.68 bits per heavy atom. The number of thioether (sulfide) groups is 1. The van der Waals surface area contributed by atoms with Gasteiger partial charge in [0.05, 0.1) is 5.03 Å². The summed E-state index contributed by atoms with van der Waals surface area (Å²) in [5.41, 5.74) is 1.71. The molecule has 1 N–H and O–H groups in total. The molecular weight excluding hydrogens is 254 g/mol. The highest BCUT2D eigenvalue weighted by atomic mass is 32.2. The summed E-state index contributed by atoms with van der Waals surface area (Å²) in [6.45, 7) is 6.48. The van der Waals surface area contributed by atoms with Crippen molar-refractivity contribution in [3.05, 3.63) is 59.8 Å². The summed E-state index contributed by atoms with van der Waals surface area (Å²) in [5, 5.41) is 11.3. The molecule has 2 rings (SSSR count). The lowest BCUT2D eigenvalue weighted by Crippen LogP contribution is -2.07. The molecule has 0 unspecified atom stereocenters. The average molecular weight is 273 g/mol. The molecule has 1 heterocycles. The van der Waals surface area contributed by atoms with Gasteiger partial charge in [-0.05, 0) is 11.6 Å². The molecule has 2 nitrogen and oxygen atoms in total. The third-order valence-electron chi connectivity index (χ3n) is 2.60. The lowest BCUT2D eigenvalue weighted by Gasteiger charge is -2.17. The van der Waals surface area contributed by atoms with Gasteiger partial charge in [-0.15, -0.1) is 11.8 Å². The predicted octanol–water partition coefficient (Wildman–Crippen LogP) is 4.05. The Morgan fingerprint density at radius 3 is 2.21 bits per heavy atom. The van der Waals surface area contributed by atoms with Gasteiger partial charge in [0, 0.05) is 16.5 Å². The second-order valence-corrected chi connectivity index (χ2v) is 7.30. The quantitative estimate of drug-likeness (QED) is 0.856. The maximum atomic E-state index is 10.3. The molecule has 0 spiro atoms. The van der Waals surface area contributed by atoms with Crippen molar-refractivity contribution in [2.24, 2.45) is 0 Å². The second kappa shape index (κ2) is 5.76. The molecule has 0 fully saturated rings. The molecule has 1 aromatic carbocycles. The highest BCUT2D eigenvalue weighted by molar-refractivity contribution is 8.00. The van der Waals surface area contributed by atoms with Gasteiger partial charge in [0.1, 0.15) is 6.10 Å². The Morgan fingerprint density at radius 1 is 1.00 bits per heavy atom. The van der Waals surface area contributed by atoms with Gasteiger partial charge in [-0.2, -0.15) is 0 Å². The monoisotopic (exact) mass is 273 g/mol. The number of benzene rings is 1. The highest BCUT2D eigenvalue weighted by Crippen LogP contribution is 2.31. The van der Waals surface area contributed by atoms with Crippen molar-refractivity contribution in [1.82, 2.24) is 4.98 Å². The lowest BCUT2D eigenvalue weighted by atomic mass is 10.0. The van der Waals surface area contributed by atoms with Crippen molar-refractivity contribution in [2.45, 2.75) is 36.6 Å². The molecule has 3 heteroatoms. The van der Waals surface area contributed by atoms with E-state index >= 15 is 0 Å². The van der Waals surface area contributed by atoms with Crippen LogP contribution in [0.5, 0.6) is 0 Å². The van der Waals surface area contributed by atoms with E-state index in [0.29, 0.717) is 0 Å². The van der Waals surface area contributed by atoms with E-state index in [9.17, 15) is 5.11 Å². The lowest BCUT2D eigenvalue weighted by molar-refractivity contribution is 0.219. The largest absolute Gasteiger partial charge is 0.384 e. The van der Waals surface area contributed by atoms with Crippen molar-refractivity contribution in [3.8, 4) is 0 Å². The van der Waals surface area contributed by atoms with Gasteiger partial charge in [0.25, 0.3) is 0 Å². The van der Waals surface area contributed by atoms with E-state index in [-0.39, 0.29) is 4.75 Å². The number of aromatic nitrogens is 1. The van der Waals surface area contributed by atoms with E-state index in [0.717, 1.165) is 16.2 Å². The zero-order chi connectivity index (χ0) is 13.9. The number of hydrogen-bond donors (Lipinski definition) is 1. The number of hydrogen-bond acceptors (Lipinski definition) is 3. The topological polar surface area (TPSA) is 33.1 Å². The van der Waals surface area contributed by atoms with Crippen LogP contribution in [0.4, 0.5) is 0 Å². The van der Waals surface area contributed by atoms with Crippen LogP contribution < -0.4 is 0 Å². The molecule has 0 aliphatic rings. The maximum Gasteiger partial charge on any atom is 0.106 e. The zero-order valence-corrected chi connectivity index (χ0v) is 12.3. The van der Waals surface area contributed by atoms with Gasteiger partial charge in [0.15, 0.2) is 0 Å². The molecular formula is C16H19NOS. The number of rotatable bonds is 3. The molecule has 2 aromatic rings. The first-order valence-corrected chi connectivity index (χ1v) is 7.15. The van der Waals surface area contributed by atoms with Crippen LogP contribution in [0.25, 0.3) is 0 Å². The summed E-state index contributed by atoms with van der Waals surface area (Å²) in [7, 11) is 0. The molecule has 0 amide bonds. The van der Waals surface area contributed by atoms with Crippen molar-refractivity contribution in [1.29, 1.82) is 0 Å². The predicted molar refractivity (Wildman–Crippen MR) is 80.4 cm³/mol.